The lowest BCUT2D eigenvalue weighted by atomic mass is 10.1. The minimum absolute atomic E-state index is 0.545. The Labute approximate surface area is 106 Å². The van der Waals surface area contributed by atoms with E-state index in [0.717, 1.165) is 27.6 Å². The zero-order valence-electron chi connectivity index (χ0n) is 8.66. The third kappa shape index (κ3) is 1.77. The molecule has 0 saturated carbocycles. The number of carbonyl (C=O) groups is 1. The topological polar surface area (TPSA) is 68.0 Å². The van der Waals surface area contributed by atoms with Gasteiger partial charge in [0.25, 0.3) is 0 Å². The quantitative estimate of drug-likeness (QED) is 0.710. The molecule has 0 saturated heterocycles. The first-order valence-corrected chi connectivity index (χ1v) is 6.18. The van der Waals surface area contributed by atoms with Crippen LogP contribution in [-0.4, -0.2) is 11.0 Å². The van der Waals surface area contributed by atoms with E-state index in [1.165, 1.54) is 16.9 Å². The number of halogens is 1. The number of rotatable bonds is 1. The number of amides is 2. The van der Waals surface area contributed by atoms with Gasteiger partial charge in [-0.15, -0.1) is 11.3 Å². The fraction of sp³-hybridized carbons (Fsp3) is 0.0909. The summed E-state index contributed by atoms with van der Waals surface area (Å²) in [6, 6.07) is 5.16. The van der Waals surface area contributed by atoms with Gasteiger partial charge < -0.3 is 5.73 Å². The van der Waals surface area contributed by atoms with Crippen LogP contribution in [0.25, 0.3) is 11.3 Å². The molecule has 86 valence electrons. The van der Waals surface area contributed by atoms with Crippen LogP contribution in [0.2, 0.25) is 5.02 Å². The van der Waals surface area contributed by atoms with Gasteiger partial charge in [-0.2, -0.15) is 0 Å². The summed E-state index contributed by atoms with van der Waals surface area (Å²) in [7, 11) is 0. The predicted molar refractivity (Wildman–Crippen MR) is 68.6 cm³/mol. The van der Waals surface area contributed by atoms with Crippen molar-refractivity contribution in [1.29, 1.82) is 0 Å². The second-order valence-corrected chi connectivity index (χ2v) is 5.28. The monoisotopic (exact) mass is 265 g/mol. The molecule has 0 unspecified atom stereocenters. The van der Waals surface area contributed by atoms with E-state index in [0.29, 0.717) is 5.13 Å². The maximum Gasteiger partial charge on any atom is 0.318 e. The molecule has 4 nitrogen and oxygen atoms in total. The summed E-state index contributed by atoms with van der Waals surface area (Å²) in [5.41, 5.74) is 8.24. The Kier molecular flexibility index (Phi) is 2.31. The molecule has 1 aromatic heterocycles. The number of urea groups is 1. The van der Waals surface area contributed by atoms with Gasteiger partial charge in [0.05, 0.1) is 5.69 Å². The Balaban J connectivity index is 2.03. The second-order valence-electron chi connectivity index (χ2n) is 3.76. The number of thiazole rings is 1. The molecule has 3 N–H and O–H groups in total. The van der Waals surface area contributed by atoms with Crippen molar-refractivity contribution in [2.24, 2.45) is 5.73 Å². The number of aromatic nitrogens is 1. The Morgan fingerprint density at radius 1 is 1.53 bits per heavy atom. The summed E-state index contributed by atoms with van der Waals surface area (Å²) >= 11 is 7.39. The number of nitrogens with two attached hydrogens (primary N) is 1. The molecule has 0 fully saturated rings. The highest BCUT2D eigenvalue weighted by Gasteiger charge is 2.23. The molecule has 1 aliphatic rings. The van der Waals surface area contributed by atoms with E-state index in [4.69, 9.17) is 17.3 Å². The van der Waals surface area contributed by atoms with Gasteiger partial charge in [0.2, 0.25) is 0 Å². The molecule has 1 aliphatic carbocycles. The van der Waals surface area contributed by atoms with E-state index < -0.39 is 6.03 Å². The lowest BCUT2D eigenvalue weighted by molar-refractivity contribution is 0.259. The second kappa shape index (κ2) is 3.72. The number of primary amides is 1. The van der Waals surface area contributed by atoms with E-state index in [-0.39, 0.29) is 0 Å². The molecular formula is C11H8ClN3OS. The van der Waals surface area contributed by atoms with E-state index in [2.05, 4.69) is 10.3 Å². The number of benzene rings is 1. The summed E-state index contributed by atoms with van der Waals surface area (Å²) in [5.74, 6) is 0. The lowest BCUT2D eigenvalue weighted by Crippen LogP contribution is -2.19. The average molecular weight is 266 g/mol. The van der Waals surface area contributed by atoms with Crippen LogP contribution in [0.15, 0.2) is 18.2 Å². The van der Waals surface area contributed by atoms with Crippen molar-refractivity contribution >= 4 is 34.1 Å². The zero-order chi connectivity index (χ0) is 12.0. The van der Waals surface area contributed by atoms with Crippen molar-refractivity contribution in [2.45, 2.75) is 6.42 Å². The molecule has 0 spiro atoms. The molecule has 6 heteroatoms. The first-order valence-electron chi connectivity index (χ1n) is 4.98. The molecule has 0 atom stereocenters. The van der Waals surface area contributed by atoms with Gasteiger partial charge in [0.15, 0.2) is 5.13 Å². The highest BCUT2D eigenvalue weighted by molar-refractivity contribution is 7.16. The fourth-order valence-electron chi connectivity index (χ4n) is 1.95. The summed E-state index contributed by atoms with van der Waals surface area (Å²) in [6.45, 7) is 0. The van der Waals surface area contributed by atoms with E-state index in [9.17, 15) is 4.79 Å². The largest absolute Gasteiger partial charge is 0.351 e. The van der Waals surface area contributed by atoms with Crippen molar-refractivity contribution < 1.29 is 4.79 Å². The minimum Gasteiger partial charge on any atom is -0.351 e. The third-order valence-electron chi connectivity index (χ3n) is 2.60. The van der Waals surface area contributed by atoms with Gasteiger partial charge in [-0.05, 0) is 17.7 Å². The molecule has 0 aliphatic heterocycles. The van der Waals surface area contributed by atoms with Crippen molar-refractivity contribution in [3.63, 3.8) is 0 Å². The SMILES string of the molecule is NC(=O)Nc1nc2c(s1)Cc1cc(Cl)ccc1-2. The summed E-state index contributed by atoms with van der Waals surface area (Å²) < 4.78 is 0. The van der Waals surface area contributed by atoms with Crippen LogP contribution in [0.3, 0.4) is 0 Å². The molecule has 0 bridgehead atoms. The van der Waals surface area contributed by atoms with Crippen molar-refractivity contribution in [2.75, 3.05) is 5.32 Å². The Bertz CT molecular complexity index is 623. The summed E-state index contributed by atoms with van der Waals surface area (Å²) in [5, 5.41) is 3.77. The molecule has 1 heterocycles. The molecule has 1 aromatic carbocycles. The van der Waals surface area contributed by atoms with Gasteiger partial charge in [-0.25, -0.2) is 9.78 Å². The van der Waals surface area contributed by atoms with Crippen LogP contribution in [0, 0.1) is 0 Å². The van der Waals surface area contributed by atoms with Gasteiger partial charge in [0.1, 0.15) is 0 Å². The number of fused-ring (bicyclic) bond motifs is 3. The number of hydrogen-bond acceptors (Lipinski definition) is 3. The van der Waals surface area contributed by atoms with E-state index in [1.807, 2.05) is 18.2 Å². The van der Waals surface area contributed by atoms with E-state index >= 15 is 0 Å². The fourth-order valence-corrected chi connectivity index (χ4v) is 3.15. The Morgan fingerprint density at radius 2 is 2.35 bits per heavy atom. The van der Waals surface area contributed by atoms with E-state index in [1.54, 1.807) is 0 Å². The maximum atomic E-state index is 10.7. The van der Waals surface area contributed by atoms with Crippen LogP contribution < -0.4 is 11.1 Å². The molecule has 17 heavy (non-hydrogen) atoms. The number of nitrogens with one attached hydrogen (secondary N) is 1. The predicted octanol–water partition coefficient (Wildman–Crippen LogP) is 2.86. The van der Waals surface area contributed by atoms with Gasteiger partial charge in [-0.1, -0.05) is 17.7 Å². The number of anilines is 1. The van der Waals surface area contributed by atoms with Crippen molar-refractivity contribution in [3.05, 3.63) is 33.7 Å². The van der Waals surface area contributed by atoms with Crippen molar-refractivity contribution in [3.8, 4) is 11.3 Å². The molecule has 2 amide bonds. The third-order valence-corrected chi connectivity index (χ3v) is 3.81. The number of carbonyl (C=O) groups excluding carboxylic acids is 1. The van der Waals surface area contributed by atoms with Crippen LogP contribution in [-0.2, 0) is 6.42 Å². The Hall–Kier alpha value is -1.59. The smallest absolute Gasteiger partial charge is 0.318 e. The molecule has 2 aromatic rings. The van der Waals surface area contributed by atoms with Crippen LogP contribution in [0.1, 0.15) is 10.4 Å². The number of hydrogen-bond donors (Lipinski definition) is 2. The summed E-state index contributed by atoms with van der Waals surface area (Å²) in [6.07, 6.45) is 0.809. The molecular weight excluding hydrogens is 258 g/mol. The summed E-state index contributed by atoms with van der Waals surface area (Å²) in [4.78, 5) is 16.2. The van der Waals surface area contributed by atoms with Gasteiger partial charge in [0, 0.05) is 21.9 Å². The molecule has 0 radical (unpaired) electrons. The van der Waals surface area contributed by atoms with Crippen LogP contribution >= 0.6 is 22.9 Å². The molecule has 3 rings (SSSR count). The Morgan fingerprint density at radius 3 is 3.12 bits per heavy atom. The first kappa shape index (κ1) is 10.6. The van der Waals surface area contributed by atoms with Gasteiger partial charge in [-0.3, -0.25) is 5.32 Å². The highest BCUT2D eigenvalue weighted by atomic mass is 35.5. The maximum absolute atomic E-state index is 10.7. The normalized spacial score (nSPS) is 12.1. The lowest BCUT2D eigenvalue weighted by Gasteiger charge is -1.99. The highest BCUT2D eigenvalue weighted by Crippen LogP contribution is 2.41. The van der Waals surface area contributed by atoms with Gasteiger partial charge >= 0.3 is 6.03 Å². The first-order chi connectivity index (χ1) is 8.13. The van der Waals surface area contributed by atoms with Crippen molar-refractivity contribution in [1.82, 2.24) is 4.98 Å². The van der Waals surface area contributed by atoms with Crippen LogP contribution in [0.4, 0.5) is 9.93 Å². The number of nitrogens with zero attached hydrogens (tertiary/aromatic N) is 1. The minimum atomic E-state index is -0.589. The average Bonchev–Trinajstić information content (AvgIpc) is 2.72. The van der Waals surface area contributed by atoms with Crippen LogP contribution in [0.5, 0.6) is 0 Å². The zero-order valence-corrected chi connectivity index (χ0v) is 10.2. The standard InChI is InChI=1S/C11H8ClN3OS/c12-6-1-2-7-5(3-6)4-8-9(7)14-11(17-8)15-10(13)16/h1-3H,4H2,(H3,13,14,15,16).